The Morgan fingerprint density at radius 3 is 2.42 bits per heavy atom. The SMILES string of the molecule is O=C(Cc1ccccc1)NCCC(=O)Nc1nnc(C(F)(F)F)s1. The van der Waals surface area contributed by atoms with E-state index in [0.29, 0.717) is 0 Å². The highest BCUT2D eigenvalue weighted by molar-refractivity contribution is 7.15. The number of nitrogens with zero attached hydrogens (tertiary/aromatic N) is 2. The smallest absolute Gasteiger partial charge is 0.355 e. The summed E-state index contributed by atoms with van der Waals surface area (Å²) in [6.45, 7) is 0.0719. The highest BCUT2D eigenvalue weighted by Crippen LogP contribution is 2.32. The molecule has 2 N–H and O–H groups in total. The van der Waals surface area contributed by atoms with Gasteiger partial charge in [-0.1, -0.05) is 41.7 Å². The van der Waals surface area contributed by atoms with E-state index < -0.39 is 17.1 Å². The average Bonchev–Trinajstić information content (AvgIpc) is 2.97. The lowest BCUT2D eigenvalue weighted by Gasteiger charge is -2.05. The second kappa shape index (κ2) is 7.86. The molecule has 2 amide bonds. The molecule has 1 aromatic carbocycles. The Morgan fingerprint density at radius 2 is 1.79 bits per heavy atom. The Balaban J connectivity index is 1.71. The summed E-state index contributed by atoms with van der Waals surface area (Å²) in [5, 5.41) is 9.62. The Morgan fingerprint density at radius 1 is 1.08 bits per heavy atom. The zero-order chi connectivity index (χ0) is 17.6. The van der Waals surface area contributed by atoms with E-state index in [0.717, 1.165) is 5.56 Å². The first kappa shape index (κ1) is 17.9. The maximum Gasteiger partial charge on any atom is 0.445 e. The standard InChI is InChI=1S/C14H13F3N4O2S/c15-14(16,17)12-20-21-13(24-12)19-10(22)6-7-18-11(23)8-9-4-2-1-3-5-9/h1-5H,6-8H2,(H,18,23)(H,19,21,22). The second-order valence-electron chi connectivity index (χ2n) is 4.72. The monoisotopic (exact) mass is 358 g/mol. The van der Waals surface area contributed by atoms with Crippen LogP contribution >= 0.6 is 11.3 Å². The molecule has 0 radical (unpaired) electrons. The molecule has 0 bridgehead atoms. The molecule has 0 aliphatic rings. The van der Waals surface area contributed by atoms with E-state index in [1.165, 1.54) is 0 Å². The lowest BCUT2D eigenvalue weighted by Crippen LogP contribution is -2.28. The molecule has 0 spiro atoms. The van der Waals surface area contributed by atoms with Gasteiger partial charge >= 0.3 is 6.18 Å². The van der Waals surface area contributed by atoms with Crippen molar-refractivity contribution in [1.82, 2.24) is 15.5 Å². The first-order valence-electron chi connectivity index (χ1n) is 6.86. The molecule has 10 heteroatoms. The van der Waals surface area contributed by atoms with Crippen molar-refractivity contribution in [3.63, 3.8) is 0 Å². The molecule has 0 aliphatic heterocycles. The van der Waals surface area contributed by atoms with Gasteiger partial charge in [0, 0.05) is 13.0 Å². The van der Waals surface area contributed by atoms with Crippen LogP contribution in [0.25, 0.3) is 0 Å². The van der Waals surface area contributed by atoms with Crippen LogP contribution in [-0.4, -0.2) is 28.6 Å². The molecule has 2 aromatic rings. The van der Waals surface area contributed by atoms with Crippen molar-refractivity contribution in [2.45, 2.75) is 19.0 Å². The highest BCUT2D eigenvalue weighted by atomic mass is 32.1. The summed E-state index contributed by atoms with van der Waals surface area (Å²) in [5.74, 6) is -0.802. The van der Waals surface area contributed by atoms with Crippen molar-refractivity contribution in [1.29, 1.82) is 0 Å². The summed E-state index contributed by atoms with van der Waals surface area (Å²) in [6.07, 6.45) is -4.48. The van der Waals surface area contributed by atoms with E-state index in [4.69, 9.17) is 0 Å². The maximum atomic E-state index is 12.4. The fourth-order valence-electron chi connectivity index (χ4n) is 1.73. The fraction of sp³-hybridized carbons (Fsp3) is 0.286. The summed E-state index contributed by atoms with van der Waals surface area (Å²) in [5.41, 5.74) is 0.841. The number of carbonyl (C=O) groups excluding carboxylic acids is 2. The number of nitrogens with one attached hydrogen (secondary N) is 2. The van der Waals surface area contributed by atoms with Gasteiger partial charge < -0.3 is 10.6 Å². The van der Waals surface area contributed by atoms with Crippen LogP contribution in [0, 0.1) is 0 Å². The molecule has 0 fully saturated rings. The van der Waals surface area contributed by atoms with Crippen LogP contribution in [0.2, 0.25) is 0 Å². The summed E-state index contributed by atoms with van der Waals surface area (Å²) in [4.78, 5) is 23.3. The maximum absolute atomic E-state index is 12.4. The number of hydrogen-bond donors (Lipinski definition) is 2. The van der Waals surface area contributed by atoms with Gasteiger partial charge in [-0.2, -0.15) is 13.2 Å². The number of carbonyl (C=O) groups is 2. The molecule has 0 atom stereocenters. The molecule has 0 unspecified atom stereocenters. The van der Waals surface area contributed by atoms with E-state index in [9.17, 15) is 22.8 Å². The normalized spacial score (nSPS) is 11.1. The van der Waals surface area contributed by atoms with Crippen LogP contribution in [0.15, 0.2) is 30.3 Å². The molecule has 1 heterocycles. The summed E-state index contributed by atoms with van der Waals surface area (Å²) in [6, 6.07) is 9.07. The highest BCUT2D eigenvalue weighted by Gasteiger charge is 2.35. The minimum Gasteiger partial charge on any atom is -0.355 e. The average molecular weight is 358 g/mol. The van der Waals surface area contributed by atoms with Gasteiger partial charge in [0.2, 0.25) is 22.0 Å². The zero-order valence-corrected chi connectivity index (χ0v) is 13.1. The third-order valence-corrected chi connectivity index (χ3v) is 3.68. The molecule has 1 aromatic heterocycles. The summed E-state index contributed by atoms with van der Waals surface area (Å²) < 4.78 is 37.1. The molecule has 6 nitrogen and oxygen atoms in total. The molecule has 24 heavy (non-hydrogen) atoms. The molecule has 0 saturated heterocycles. The lowest BCUT2D eigenvalue weighted by atomic mass is 10.1. The number of hydrogen-bond acceptors (Lipinski definition) is 5. The number of anilines is 1. The van der Waals surface area contributed by atoms with Gasteiger partial charge in [-0.3, -0.25) is 9.59 Å². The predicted octanol–water partition coefficient (Wildman–Crippen LogP) is 2.24. The molecule has 0 aliphatic carbocycles. The molecular formula is C14H13F3N4O2S. The number of halogens is 3. The first-order chi connectivity index (χ1) is 11.3. The van der Waals surface area contributed by atoms with Crippen molar-refractivity contribution in [2.75, 3.05) is 11.9 Å². The van der Waals surface area contributed by atoms with Crippen molar-refractivity contribution >= 4 is 28.3 Å². The Bertz CT molecular complexity index is 704. The Labute approximate surface area is 139 Å². The van der Waals surface area contributed by atoms with Crippen molar-refractivity contribution < 1.29 is 22.8 Å². The first-order valence-corrected chi connectivity index (χ1v) is 7.67. The van der Waals surface area contributed by atoms with Gasteiger partial charge in [0.15, 0.2) is 0 Å². The molecule has 0 saturated carbocycles. The Kier molecular flexibility index (Phi) is 5.85. The molecular weight excluding hydrogens is 345 g/mol. The largest absolute Gasteiger partial charge is 0.445 e. The number of alkyl halides is 3. The van der Waals surface area contributed by atoms with E-state index in [2.05, 4.69) is 20.8 Å². The number of aromatic nitrogens is 2. The predicted molar refractivity (Wildman–Crippen MR) is 81.3 cm³/mol. The van der Waals surface area contributed by atoms with Gasteiger partial charge in [-0.05, 0) is 5.56 Å². The number of amides is 2. The van der Waals surface area contributed by atoms with Crippen molar-refractivity contribution in [2.24, 2.45) is 0 Å². The quantitative estimate of drug-likeness (QED) is 0.830. The van der Waals surface area contributed by atoms with Gasteiger partial charge in [-0.15, -0.1) is 10.2 Å². The van der Waals surface area contributed by atoms with Crippen LogP contribution < -0.4 is 10.6 Å². The van der Waals surface area contributed by atoms with E-state index >= 15 is 0 Å². The van der Waals surface area contributed by atoms with Gasteiger partial charge in [0.05, 0.1) is 6.42 Å². The number of rotatable bonds is 6. The zero-order valence-electron chi connectivity index (χ0n) is 12.3. The Hall–Kier alpha value is -2.49. The van der Waals surface area contributed by atoms with E-state index in [-0.39, 0.29) is 41.8 Å². The van der Waals surface area contributed by atoms with Gasteiger partial charge in [0.25, 0.3) is 0 Å². The lowest BCUT2D eigenvalue weighted by molar-refractivity contribution is -0.138. The summed E-state index contributed by atoms with van der Waals surface area (Å²) >= 11 is 0.243. The topological polar surface area (TPSA) is 84.0 Å². The van der Waals surface area contributed by atoms with Gasteiger partial charge in [0.1, 0.15) is 0 Å². The summed E-state index contributed by atoms with van der Waals surface area (Å²) in [7, 11) is 0. The number of benzene rings is 1. The van der Waals surface area contributed by atoms with Crippen molar-refractivity contribution in [3.05, 3.63) is 40.9 Å². The fourth-order valence-corrected chi connectivity index (χ4v) is 2.36. The molecule has 2 rings (SSSR count). The van der Waals surface area contributed by atoms with Crippen LogP contribution in [0.1, 0.15) is 17.0 Å². The van der Waals surface area contributed by atoms with Crippen LogP contribution in [0.5, 0.6) is 0 Å². The van der Waals surface area contributed by atoms with Crippen LogP contribution in [0.3, 0.4) is 0 Å². The van der Waals surface area contributed by atoms with Crippen LogP contribution in [0.4, 0.5) is 18.3 Å². The van der Waals surface area contributed by atoms with Crippen molar-refractivity contribution in [3.8, 4) is 0 Å². The van der Waals surface area contributed by atoms with E-state index in [1.54, 1.807) is 12.1 Å². The van der Waals surface area contributed by atoms with Gasteiger partial charge in [-0.25, -0.2) is 0 Å². The van der Waals surface area contributed by atoms with E-state index in [1.807, 2.05) is 18.2 Å². The molecule has 128 valence electrons. The second-order valence-corrected chi connectivity index (χ2v) is 5.70. The minimum atomic E-state index is -4.59. The minimum absolute atomic E-state index is 0.0719. The third kappa shape index (κ3) is 5.61. The van der Waals surface area contributed by atoms with Crippen LogP contribution in [-0.2, 0) is 22.2 Å². The third-order valence-electron chi connectivity index (χ3n) is 2.80.